The Kier molecular flexibility index (Phi) is 5.24. The van der Waals surface area contributed by atoms with Gasteiger partial charge in [-0.15, -0.1) is 0 Å². The molecule has 7 nitrogen and oxygen atoms in total. The summed E-state index contributed by atoms with van der Waals surface area (Å²) in [7, 11) is 1.43. The van der Waals surface area contributed by atoms with Crippen molar-refractivity contribution in [2.24, 2.45) is 5.92 Å². The molecule has 7 heteroatoms. The molecule has 2 aliphatic rings. The van der Waals surface area contributed by atoms with Crippen LogP contribution in [0.5, 0.6) is 5.75 Å². The van der Waals surface area contributed by atoms with Gasteiger partial charge in [0.1, 0.15) is 11.3 Å². The summed E-state index contributed by atoms with van der Waals surface area (Å²) in [6, 6.07) is 3.14. The number of hydrogen-bond acceptors (Lipinski definition) is 5. The van der Waals surface area contributed by atoms with Crippen LogP contribution in [0.3, 0.4) is 0 Å². The number of carbonyl (C=O) groups is 1. The number of rotatable bonds is 2. The summed E-state index contributed by atoms with van der Waals surface area (Å²) in [5, 5.41) is 16.2. The SMILES string of the molecule is CC1CCCC2(C1)OCCO2.COc1cc2[nH]ncc2cc1C(=O)O. The van der Waals surface area contributed by atoms with Gasteiger partial charge >= 0.3 is 5.97 Å². The highest BCUT2D eigenvalue weighted by Gasteiger charge is 2.39. The van der Waals surface area contributed by atoms with Gasteiger partial charge in [0.25, 0.3) is 0 Å². The van der Waals surface area contributed by atoms with Crippen LogP contribution in [0.25, 0.3) is 10.9 Å². The second kappa shape index (κ2) is 7.41. The third kappa shape index (κ3) is 3.93. The maximum atomic E-state index is 10.8. The smallest absolute Gasteiger partial charge is 0.339 e. The van der Waals surface area contributed by atoms with Crippen molar-refractivity contribution in [2.75, 3.05) is 20.3 Å². The Bertz CT molecular complexity index is 736. The highest BCUT2D eigenvalue weighted by molar-refractivity contribution is 5.96. The number of aromatic nitrogens is 2. The average Bonchev–Trinajstić information content (AvgIpc) is 3.23. The van der Waals surface area contributed by atoms with Crippen LogP contribution in [0.1, 0.15) is 43.0 Å². The Morgan fingerprint density at radius 3 is 2.80 bits per heavy atom. The number of aromatic amines is 1. The third-order valence-corrected chi connectivity index (χ3v) is 4.72. The van der Waals surface area contributed by atoms with Gasteiger partial charge < -0.3 is 19.3 Å². The van der Waals surface area contributed by atoms with Crippen LogP contribution in [0.4, 0.5) is 0 Å². The Hall–Kier alpha value is -2.12. The minimum Gasteiger partial charge on any atom is -0.496 e. The summed E-state index contributed by atoms with van der Waals surface area (Å²) in [4.78, 5) is 10.8. The van der Waals surface area contributed by atoms with E-state index in [2.05, 4.69) is 17.1 Å². The normalized spacial score (nSPS) is 21.8. The van der Waals surface area contributed by atoms with Crippen LogP contribution in [-0.2, 0) is 9.47 Å². The summed E-state index contributed by atoms with van der Waals surface area (Å²) < 4.78 is 16.2. The molecular formula is C18H24N2O5. The van der Waals surface area contributed by atoms with Crippen molar-refractivity contribution in [1.82, 2.24) is 10.2 Å². The van der Waals surface area contributed by atoms with Crippen molar-refractivity contribution in [3.05, 3.63) is 23.9 Å². The van der Waals surface area contributed by atoms with E-state index in [1.807, 2.05) is 0 Å². The first-order valence-electron chi connectivity index (χ1n) is 8.55. The second-order valence-corrected chi connectivity index (χ2v) is 6.62. The molecule has 1 spiro atoms. The maximum absolute atomic E-state index is 10.8. The lowest BCUT2D eigenvalue weighted by Gasteiger charge is -2.34. The zero-order valence-electron chi connectivity index (χ0n) is 14.6. The lowest BCUT2D eigenvalue weighted by atomic mass is 9.86. The van der Waals surface area contributed by atoms with Crippen molar-refractivity contribution < 1.29 is 24.1 Å². The molecule has 4 rings (SSSR count). The van der Waals surface area contributed by atoms with Gasteiger partial charge in [0.15, 0.2) is 5.79 Å². The van der Waals surface area contributed by atoms with E-state index in [9.17, 15) is 4.79 Å². The molecule has 1 aliphatic carbocycles. The molecule has 1 aromatic carbocycles. The molecule has 2 N–H and O–H groups in total. The Balaban J connectivity index is 0.000000150. The van der Waals surface area contributed by atoms with E-state index in [1.54, 1.807) is 12.3 Å². The first-order valence-corrected chi connectivity index (χ1v) is 8.55. The van der Waals surface area contributed by atoms with Crippen LogP contribution in [0, 0.1) is 5.92 Å². The van der Waals surface area contributed by atoms with Crippen LogP contribution < -0.4 is 4.74 Å². The van der Waals surface area contributed by atoms with E-state index in [0.717, 1.165) is 42.9 Å². The molecule has 0 radical (unpaired) electrons. The molecule has 1 saturated carbocycles. The summed E-state index contributed by atoms with van der Waals surface area (Å²) >= 11 is 0. The van der Waals surface area contributed by atoms with E-state index in [0.29, 0.717) is 5.75 Å². The number of H-pyrrole nitrogens is 1. The number of carboxylic acid groups (broad SMARTS) is 1. The largest absolute Gasteiger partial charge is 0.496 e. The molecule has 1 saturated heterocycles. The minimum atomic E-state index is -1.01. The number of fused-ring (bicyclic) bond motifs is 1. The molecule has 1 aliphatic heterocycles. The molecule has 1 unspecified atom stereocenters. The zero-order valence-corrected chi connectivity index (χ0v) is 14.6. The molecule has 2 fully saturated rings. The van der Waals surface area contributed by atoms with E-state index in [4.69, 9.17) is 19.3 Å². The van der Waals surface area contributed by atoms with Crippen molar-refractivity contribution in [3.63, 3.8) is 0 Å². The van der Waals surface area contributed by atoms with Crippen molar-refractivity contribution in [1.29, 1.82) is 0 Å². The van der Waals surface area contributed by atoms with Gasteiger partial charge in [-0.25, -0.2) is 4.79 Å². The molecule has 1 atom stereocenters. The predicted molar refractivity (Wildman–Crippen MR) is 91.9 cm³/mol. The van der Waals surface area contributed by atoms with Gasteiger partial charge in [-0.2, -0.15) is 5.10 Å². The lowest BCUT2D eigenvalue weighted by Crippen LogP contribution is -2.35. The summed E-state index contributed by atoms with van der Waals surface area (Å²) in [6.45, 7) is 3.88. The van der Waals surface area contributed by atoms with E-state index in [-0.39, 0.29) is 11.4 Å². The molecular weight excluding hydrogens is 324 g/mol. The van der Waals surface area contributed by atoms with Gasteiger partial charge in [0.2, 0.25) is 0 Å². The van der Waals surface area contributed by atoms with Gasteiger partial charge in [-0.05, 0) is 18.4 Å². The predicted octanol–water partition coefficient (Wildman–Crippen LogP) is 3.21. The molecule has 25 heavy (non-hydrogen) atoms. The summed E-state index contributed by atoms with van der Waals surface area (Å²) in [5.74, 6) is -0.0569. The highest BCUT2D eigenvalue weighted by atomic mass is 16.7. The van der Waals surface area contributed by atoms with Crippen molar-refractivity contribution >= 4 is 16.9 Å². The van der Waals surface area contributed by atoms with Gasteiger partial charge in [0.05, 0.1) is 32.0 Å². The van der Waals surface area contributed by atoms with E-state index >= 15 is 0 Å². The average molecular weight is 348 g/mol. The first kappa shape index (κ1) is 17.7. The number of benzene rings is 1. The number of carboxylic acids is 1. The van der Waals surface area contributed by atoms with Gasteiger partial charge in [0, 0.05) is 24.3 Å². The highest BCUT2D eigenvalue weighted by Crippen LogP contribution is 2.38. The van der Waals surface area contributed by atoms with Crippen LogP contribution in [-0.4, -0.2) is 47.4 Å². The number of hydrogen-bond donors (Lipinski definition) is 2. The zero-order chi connectivity index (χ0) is 17.9. The van der Waals surface area contributed by atoms with E-state index < -0.39 is 5.97 Å². The fourth-order valence-corrected chi connectivity index (χ4v) is 3.52. The molecule has 0 bridgehead atoms. The van der Waals surface area contributed by atoms with Gasteiger partial charge in [-0.1, -0.05) is 13.3 Å². The standard InChI is InChI=1S/C9H8N2O3.C9H16O2/c1-14-8-3-7-5(4-10-11-7)2-6(8)9(12)13;1-8-3-2-4-9(7-8)10-5-6-11-9/h2-4H,1H3,(H,10,11)(H,12,13);8H,2-7H2,1H3. The van der Waals surface area contributed by atoms with Crippen LogP contribution in [0.15, 0.2) is 18.3 Å². The Morgan fingerprint density at radius 2 is 2.16 bits per heavy atom. The minimum absolute atomic E-state index is 0.140. The number of aromatic carboxylic acids is 1. The topological polar surface area (TPSA) is 93.7 Å². The Labute approximate surface area is 146 Å². The lowest BCUT2D eigenvalue weighted by molar-refractivity contribution is -0.185. The molecule has 136 valence electrons. The quantitative estimate of drug-likeness (QED) is 0.865. The van der Waals surface area contributed by atoms with Crippen molar-refractivity contribution in [2.45, 2.75) is 38.4 Å². The maximum Gasteiger partial charge on any atom is 0.339 e. The van der Waals surface area contributed by atoms with Crippen LogP contribution in [0.2, 0.25) is 0 Å². The monoisotopic (exact) mass is 348 g/mol. The number of nitrogens with one attached hydrogen (secondary N) is 1. The summed E-state index contributed by atoms with van der Waals surface area (Å²) in [6.07, 6.45) is 6.39. The number of ether oxygens (including phenoxy) is 3. The second-order valence-electron chi connectivity index (χ2n) is 6.62. The Morgan fingerprint density at radius 1 is 1.40 bits per heavy atom. The third-order valence-electron chi connectivity index (χ3n) is 4.72. The fourth-order valence-electron chi connectivity index (χ4n) is 3.52. The fraction of sp³-hybridized carbons (Fsp3) is 0.556. The summed E-state index contributed by atoms with van der Waals surface area (Å²) in [5.41, 5.74) is 0.897. The van der Waals surface area contributed by atoms with E-state index in [1.165, 1.54) is 26.0 Å². The molecule has 1 aromatic heterocycles. The molecule has 0 amide bonds. The molecule has 2 aromatic rings. The van der Waals surface area contributed by atoms with Gasteiger partial charge in [-0.3, -0.25) is 5.10 Å². The number of methoxy groups -OCH3 is 1. The first-order chi connectivity index (χ1) is 12.0. The molecule has 2 heterocycles. The number of nitrogens with zero attached hydrogens (tertiary/aromatic N) is 1. The van der Waals surface area contributed by atoms with Crippen LogP contribution >= 0.6 is 0 Å². The van der Waals surface area contributed by atoms with Crippen molar-refractivity contribution in [3.8, 4) is 5.75 Å².